The Labute approximate surface area is 202 Å². The fourth-order valence-electron chi connectivity index (χ4n) is 2.46. The maximum absolute atomic E-state index is 12.1. The van der Waals surface area contributed by atoms with Gasteiger partial charge in [-0.3, -0.25) is 9.59 Å². The normalized spacial score (nSPS) is 10.7. The van der Waals surface area contributed by atoms with E-state index in [0.717, 1.165) is 5.56 Å². The molecule has 31 heavy (non-hydrogen) atoms. The molecule has 11 heteroatoms. The number of carbonyl (C=O) groups is 2. The van der Waals surface area contributed by atoms with E-state index in [1.807, 2.05) is 0 Å². The summed E-state index contributed by atoms with van der Waals surface area (Å²) in [6.45, 7) is 0.380. The summed E-state index contributed by atoms with van der Waals surface area (Å²) in [5.74, 6) is 0.151. The molecule has 0 fully saturated rings. The topological polar surface area (TPSA) is 84.0 Å². The molecule has 0 atom stereocenters. The molecule has 3 aromatic rings. The van der Waals surface area contributed by atoms with Gasteiger partial charge in [-0.2, -0.15) is 0 Å². The Kier molecular flexibility index (Phi) is 8.98. The number of hydrogen-bond acceptors (Lipinski definition) is 6. The van der Waals surface area contributed by atoms with Crippen molar-refractivity contribution in [2.45, 2.75) is 22.9 Å². The van der Waals surface area contributed by atoms with Crippen LogP contribution in [0.15, 0.2) is 46.8 Å². The second kappa shape index (κ2) is 11.7. The van der Waals surface area contributed by atoms with E-state index in [2.05, 4.69) is 20.8 Å². The zero-order valence-electron chi connectivity index (χ0n) is 16.0. The molecule has 0 aliphatic heterocycles. The fourth-order valence-corrected chi connectivity index (χ4v) is 5.09. The van der Waals surface area contributed by atoms with Crippen molar-refractivity contribution in [3.63, 3.8) is 0 Å². The number of hydrogen-bond donors (Lipinski definition) is 2. The molecule has 0 aliphatic rings. The molecule has 6 nitrogen and oxygen atoms in total. The molecule has 2 N–H and O–H groups in total. The largest absolute Gasteiger partial charge is 0.352 e. The molecule has 0 saturated carbocycles. The van der Waals surface area contributed by atoms with Crippen LogP contribution in [0, 0.1) is 0 Å². The summed E-state index contributed by atoms with van der Waals surface area (Å²) in [7, 11) is 0. The van der Waals surface area contributed by atoms with Crippen LogP contribution >= 0.6 is 57.9 Å². The first-order valence-electron chi connectivity index (χ1n) is 9.15. The molecule has 0 saturated heterocycles. The van der Waals surface area contributed by atoms with Gasteiger partial charge in [0, 0.05) is 39.3 Å². The van der Waals surface area contributed by atoms with E-state index in [-0.39, 0.29) is 18.2 Å². The summed E-state index contributed by atoms with van der Waals surface area (Å²) < 4.78 is 0.696. The lowest BCUT2D eigenvalue weighted by Crippen LogP contribution is -2.25. The molecule has 1 aromatic heterocycles. The van der Waals surface area contributed by atoms with Gasteiger partial charge in [-0.25, -0.2) is 0 Å². The smallest absolute Gasteiger partial charge is 0.251 e. The second-order valence-electron chi connectivity index (χ2n) is 6.28. The van der Waals surface area contributed by atoms with E-state index >= 15 is 0 Å². The van der Waals surface area contributed by atoms with Gasteiger partial charge in [-0.1, -0.05) is 64.0 Å². The standard InChI is InChI=1S/C20H17Cl3N4O2S2/c21-13-8-6-12(7-9-13)18(29)24-10-2-5-17(28)25-19-26-27-20(31-19)30-11-14-15(22)3-1-4-16(14)23/h1,3-4,6-9H,2,5,10-11H2,(H,24,29)(H,25,26,28). The van der Waals surface area contributed by atoms with Gasteiger partial charge in [-0.05, 0) is 48.4 Å². The van der Waals surface area contributed by atoms with Gasteiger partial charge < -0.3 is 10.6 Å². The Morgan fingerprint density at radius 3 is 2.42 bits per heavy atom. The average Bonchev–Trinajstić information content (AvgIpc) is 3.18. The van der Waals surface area contributed by atoms with E-state index in [1.165, 1.54) is 23.1 Å². The van der Waals surface area contributed by atoms with Crippen molar-refractivity contribution in [1.29, 1.82) is 0 Å². The predicted molar refractivity (Wildman–Crippen MR) is 128 cm³/mol. The van der Waals surface area contributed by atoms with Gasteiger partial charge >= 0.3 is 0 Å². The molecule has 0 bridgehead atoms. The molecule has 0 aliphatic carbocycles. The number of anilines is 1. The van der Waals surface area contributed by atoms with Crippen molar-refractivity contribution in [2.24, 2.45) is 0 Å². The Balaban J connectivity index is 1.38. The lowest BCUT2D eigenvalue weighted by Gasteiger charge is -2.05. The Hall–Kier alpha value is -1.84. The Morgan fingerprint density at radius 1 is 1.00 bits per heavy atom. The average molecular weight is 516 g/mol. The number of rotatable bonds is 9. The molecule has 0 unspecified atom stereocenters. The highest BCUT2D eigenvalue weighted by molar-refractivity contribution is 8.00. The molecule has 3 rings (SSSR count). The van der Waals surface area contributed by atoms with Crippen LogP contribution in [0.1, 0.15) is 28.8 Å². The van der Waals surface area contributed by atoms with Gasteiger partial charge in [0.2, 0.25) is 11.0 Å². The van der Waals surface area contributed by atoms with Gasteiger partial charge in [0.25, 0.3) is 5.91 Å². The van der Waals surface area contributed by atoms with E-state index < -0.39 is 0 Å². The number of halogens is 3. The third-order valence-corrected chi connectivity index (χ3v) is 6.99. The summed E-state index contributed by atoms with van der Waals surface area (Å²) in [6, 6.07) is 12.0. The number of nitrogens with zero attached hydrogens (tertiary/aromatic N) is 2. The van der Waals surface area contributed by atoms with Crippen LogP contribution < -0.4 is 10.6 Å². The summed E-state index contributed by atoms with van der Waals surface area (Å²) >= 11 is 20.9. The number of benzene rings is 2. The third kappa shape index (κ3) is 7.36. The van der Waals surface area contributed by atoms with Crippen molar-refractivity contribution in [3.05, 3.63) is 68.7 Å². The zero-order chi connectivity index (χ0) is 22.2. The SMILES string of the molecule is O=C(CCCNC(=O)c1ccc(Cl)cc1)Nc1nnc(SCc2c(Cl)cccc2Cl)s1. The quantitative estimate of drug-likeness (QED) is 0.209. The van der Waals surface area contributed by atoms with Gasteiger partial charge in [-0.15, -0.1) is 10.2 Å². The first kappa shape index (κ1) is 23.8. The number of amides is 2. The minimum atomic E-state index is -0.207. The number of aromatic nitrogens is 2. The highest BCUT2D eigenvalue weighted by Gasteiger charge is 2.12. The number of thioether (sulfide) groups is 1. The first-order chi connectivity index (χ1) is 14.9. The monoisotopic (exact) mass is 514 g/mol. The first-order valence-corrected chi connectivity index (χ1v) is 12.1. The van der Waals surface area contributed by atoms with Crippen molar-refractivity contribution >= 4 is 74.8 Å². The fraction of sp³-hybridized carbons (Fsp3) is 0.200. The molecule has 0 radical (unpaired) electrons. The van der Waals surface area contributed by atoms with Crippen LogP contribution in [0.3, 0.4) is 0 Å². The molecule has 2 amide bonds. The van der Waals surface area contributed by atoms with Crippen molar-refractivity contribution in [2.75, 3.05) is 11.9 Å². The summed E-state index contributed by atoms with van der Waals surface area (Å²) in [6.07, 6.45) is 0.745. The van der Waals surface area contributed by atoms with E-state index in [4.69, 9.17) is 34.8 Å². The summed E-state index contributed by atoms with van der Waals surface area (Å²) in [5.41, 5.74) is 1.35. The maximum Gasteiger partial charge on any atom is 0.251 e. The number of nitrogens with one attached hydrogen (secondary N) is 2. The molecular formula is C20H17Cl3N4O2S2. The number of carbonyl (C=O) groups excluding carboxylic acids is 2. The van der Waals surface area contributed by atoms with E-state index in [9.17, 15) is 9.59 Å². The van der Waals surface area contributed by atoms with Crippen LogP contribution in [0.4, 0.5) is 5.13 Å². The molecular weight excluding hydrogens is 499 g/mol. The highest BCUT2D eigenvalue weighted by atomic mass is 35.5. The molecule has 162 valence electrons. The van der Waals surface area contributed by atoms with E-state index in [0.29, 0.717) is 48.8 Å². The van der Waals surface area contributed by atoms with Crippen LogP contribution in [0.5, 0.6) is 0 Å². The molecule has 2 aromatic carbocycles. The summed E-state index contributed by atoms with van der Waals surface area (Å²) in [5, 5.41) is 15.7. The Morgan fingerprint density at radius 2 is 1.71 bits per heavy atom. The van der Waals surface area contributed by atoms with Crippen molar-refractivity contribution < 1.29 is 9.59 Å². The van der Waals surface area contributed by atoms with Gasteiger partial charge in [0.05, 0.1) is 0 Å². The predicted octanol–water partition coefficient (Wildman–Crippen LogP) is 5.94. The summed E-state index contributed by atoms with van der Waals surface area (Å²) in [4.78, 5) is 24.1. The Bertz CT molecular complexity index is 1040. The van der Waals surface area contributed by atoms with Crippen molar-refractivity contribution in [1.82, 2.24) is 15.5 Å². The van der Waals surface area contributed by atoms with Gasteiger partial charge in [0.1, 0.15) is 0 Å². The minimum absolute atomic E-state index is 0.192. The van der Waals surface area contributed by atoms with E-state index in [1.54, 1.807) is 42.5 Å². The highest BCUT2D eigenvalue weighted by Crippen LogP contribution is 2.33. The van der Waals surface area contributed by atoms with Gasteiger partial charge in [0.15, 0.2) is 4.34 Å². The third-order valence-electron chi connectivity index (χ3n) is 4.03. The second-order valence-corrected chi connectivity index (χ2v) is 9.73. The lowest BCUT2D eigenvalue weighted by atomic mass is 10.2. The van der Waals surface area contributed by atoms with Crippen LogP contribution in [-0.4, -0.2) is 28.6 Å². The van der Waals surface area contributed by atoms with Crippen molar-refractivity contribution in [3.8, 4) is 0 Å². The molecule has 1 heterocycles. The minimum Gasteiger partial charge on any atom is -0.352 e. The molecule has 0 spiro atoms. The lowest BCUT2D eigenvalue weighted by molar-refractivity contribution is -0.116. The van der Waals surface area contributed by atoms with Crippen LogP contribution in [0.25, 0.3) is 0 Å². The van der Waals surface area contributed by atoms with Crippen LogP contribution in [-0.2, 0) is 10.5 Å². The maximum atomic E-state index is 12.1. The van der Waals surface area contributed by atoms with Crippen LogP contribution in [0.2, 0.25) is 15.1 Å². The zero-order valence-corrected chi connectivity index (χ0v) is 19.9.